The minimum Gasteiger partial charge on any atom is -0.387 e. The molecule has 0 amide bonds. The van der Waals surface area contributed by atoms with Crippen LogP contribution >= 0.6 is 0 Å². The molecule has 2 unspecified atom stereocenters. The summed E-state index contributed by atoms with van der Waals surface area (Å²) in [6.45, 7) is 12.9. The van der Waals surface area contributed by atoms with Gasteiger partial charge in [0.1, 0.15) is 0 Å². The van der Waals surface area contributed by atoms with Gasteiger partial charge in [-0.3, -0.25) is 4.90 Å². The molecule has 0 saturated carbocycles. The minimum atomic E-state index is -0.435. The van der Waals surface area contributed by atoms with Crippen molar-refractivity contribution in [2.75, 3.05) is 19.6 Å². The van der Waals surface area contributed by atoms with E-state index >= 15 is 0 Å². The van der Waals surface area contributed by atoms with Gasteiger partial charge < -0.3 is 9.84 Å². The molecule has 1 aromatic carbocycles. The molecule has 0 aliphatic carbocycles. The van der Waals surface area contributed by atoms with Crippen molar-refractivity contribution >= 4 is 0 Å². The molecule has 1 fully saturated rings. The van der Waals surface area contributed by atoms with Gasteiger partial charge in [-0.1, -0.05) is 18.2 Å². The van der Waals surface area contributed by atoms with Crippen molar-refractivity contribution < 1.29 is 9.84 Å². The first-order chi connectivity index (χ1) is 9.27. The quantitative estimate of drug-likeness (QED) is 0.922. The molecule has 0 radical (unpaired) electrons. The second-order valence-electron chi connectivity index (χ2n) is 6.74. The summed E-state index contributed by atoms with van der Waals surface area (Å²) in [5, 5.41) is 10.5. The highest BCUT2D eigenvalue weighted by Gasteiger charge is 2.32. The molecule has 0 spiro atoms. The van der Waals surface area contributed by atoms with Gasteiger partial charge in [0.25, 0.3) is 0 Å². The highest BCUT2D eigenvalue weighted by Crippen LogP contribution is 2.24. The Morgan fingerprint density at radius 2 is 2.05 bits per heavy atom. The number of hydrogen-bond donors (Lipinski definition) is 1. The second kappa shape index (κ2) is 5.84. The van der Waals surface area contributed by atoms with Crippen LogP contribution in [0.3, 0.4) is 0 Å². The van der Waals surface area contributed by atoms with Crippen LogP contribution in [0.1, 0.15) is 43.6 Å². The van der Waals surface area contributed by atoms with Crippen LogP contribution in [0.25, 0.3) is 0 Å². The van der Waals surface area contributed by atoms with E-state index in [-0.39, 0.29) is 11.7 Å². The van der Waals surface area contributed by atoms with E-state index in [0.29, 0.717) is 6.54 Å². The molecule has 3 nitrogen and oxygen atoms in total. The molecule has 1 saturated heterocycles. The molecule has 20 heavy (non-hydrogen) atoms. The number of benzene rings is 1. The van der Waals surface area contributed by atoms with E-state index in [2.05, 4.69) is 51.7 Å². The van der Waals surface area contributed by atoms with Crippen LogP contribution < -0.4 is 0 Å². The van der Waals surface area contributed by atoms with Crippen LogP contribution in [0.15, 0.2) is 18.2 Å². The summed E-state index contributed by atoms with van der Waals surface area (Å²) in [5.74, 6) is 0. The zero-order valence-corrected chi connectivity index (χ0v) is 13.3. The first-order valence-corrected chi connectivity index (χ1v) is 7.42. The van der Waals surface area contributed by atoms with Gasteiger partial charge in [-0.05, 0) is 51.3 Å². The molecule has 2 atom stereocenters. The van der Waals surface area contributed by atoms with Crippen molar-refractivity contribution in [3.05, 3.63) is 34.9 Å². The Hall–Kier alpha value is -0.900. The zero-order chi connectivity index (χ0) is 14.9. The Morgan fingerprint density at radius 3 is 2.65 bits per heavy atom. The molecular formula is C17H27NO2. The number of nitrogens with zero attached hydrogens (tertiary/aromatic N) is 1. The maximum absolute atomic E-state index is 10.5. The highest BCUT2D eigenvalue weighted by atomic mass is 16.5. The first kappa shape index (κ1) is 15.5. The SMILES string of the molecule is Cc1ccc(C(O)CN2CC(C)OC(C)(C)C2)cc1C. The number of aliphatic hydroxyl groups is 1. The number of aliphatic hydroxyl groups excluding tert-OH is 1. The van der Waals surface area contributed by atoms with Crippen molar-refractivity contribution in [1.82, 2.24) is 4.90 Å². The Morgan fingerprint density at radius 1 is 1.35 bits per heavy atom. The van der Waals surface area contributed by atoms with Gasteiger partial charge in [-0.25, -0.2) is 0 Å². The van der Waals surface area contributed by atoms with Gasteiger partial charge in [0.05, 0.1) is 17.8 Å². The molecule has 3 heteroatoms. The smallest absolute Gasteiger partial charge is 0.0917 e. The fourth-order valence-corrected chi connectivity index (χ4v) is 3.05. The Balaban J connectivity index is 2.03. The molecule has 0 aromatic heterocycles. The van der Waals surface area contributed by atoms with E-state index in [9.17, 15) is 5.11 Å². The minimum absolute atomic E-state index is 0.138. The van der Waals surface area contributed by atoms with Gasteiger partial charge in [0.15, 0.2) is 0 Å². The topological polar surface area (TPSA) is 32.7 Å². The maximum Gasteiger partial charge on any atom is 0.0917 e. The molecule has 1 aliphatic rings. The van der Waals surface area contributed by atoms with Gasteiger partial charge in [0, 0.05) is 19.6 Å². The summed E-state index contributed by atoms with van der Waals surface area (Å²) < 4.78 is 5.90. The van der Waals surface area contributed by atoms with Gasteiger partial charge >= 0.3 is 0 Å². The summed E-state index contributed by atoms with van der Waals surface area (Å²) in [5.41, 5.74) is 3.37. The van der Waals surface area contributed by atoms with Crippen molar-refractivity contribution in [3.8, 4) is 0 Å². The average Bonchev–Trinajstić information content (AvgIpc) is 2.29. The summed E-state index contributed by atoms with van der Waals surface area (Å²) in [4.78, 5) is 2.30. The standard InChI is InChI=1S/C17H27NO2/c1-12-6-7-15(8-13(12)2)16(19)10-18-9-14(3)20-17(4,5)11-18/h6-8,14,16,19H,9-11H2,1-5H3. The van der Waals surface area contributed by atoms with E-state index in [1.807, 2.05) is 6.07 Å². The number of β-amino-alcohol motifs (C(OH)–C–C–N with tert-alkyl or cyclic N) is 1. The molecule has 1 aromatic rings. The van der Waals surface area contributed by atoms with E-state index in [0.717, 1.165) is 18.7 Å². The number of hydrogen-bond acceptors (Lipinski definition) is 3. The first-order valence-electron chi connectivity index (χ1n) is 7.42. The van der Waals surface area contributed by atoms with E-state index in [4.69, 9.17) is 4.74 Å². The van der Waals surface area contributed by atoms with Crippen LogP contribution in [0, 0.1) is 13.8 Å². The fourth-order valence-electron chi connectivity index (χ4n) is 3.05. The fraction of sp³-hybridized carbons (Fsp3) is 0.647. The molecule has 2 rings (SSSR count). The van der Waals surface area contributed by atoms with Crippen LogP contribution in [-0.4, -0.2) is 41.3 Å². The third-order valence-corrected chi connectivity index (χ3v) is 3.99. The van der Waals surface area contributed by atoms with E-state index in [1.54, 1.807) is 0 Å². The van der Waals surface area contributed by atoms with Gasteiger partial charge in [-0.2, -0.15) is 0 Å². The second-order valence-corrected chi connectivity index (χ2v) is 6.74. The van der Waals surface area contributed by atoms with Gasteiger partial charge in [0.2, 0.25) is 0 Å². The maximum atomic E-state index is 10.5. The Labute approximate surface area is 122 Å². The highest BCUT2D eigenvalue weighted by molar-refractivity contribution is 5.31. The number of rotatable bonds is 3. The number of morpholine rings is 1. The third kappa shape index (κ3) is 3.81. The van der Waals surface area contributed by atoms with Gasteiger partial charge in [-0.15, -0.1) is 0 Å². The third-order valence-electron chi connectivity index (χ3n) is 3.99. The monoisotopic (exact) mass is 277 g/mol. The number of aryl methyl sites for hydroxylation is 2. The number of ether oxygens (including phenoxy) is 1. The Kier molecular flexibility index (Phi) is 4.52. The summed E-state index contributed by atoms with van der Waals surface area (Å²) in [7, 11) is 0. The average molecular weight is 277 g/mol. The Bertz CT molecular complexity index is 470. The summed E-state index contributed by atoms with van der Waals surface area (Å²) >= 11 is 0. The molecule has 1 aliphatic heterocycles. The molecule has 0 bridgehead atoms. The predicted octanol–water partition coefficient (Wildman–Crippen LogP) is 2.84. The predicted molar refractivity (Wildman–Crippen MR) is 81.9 cm³/mol. The summed E-state index contributed by atoms with van der Waals surface area (Å²) in [6, 6.07) is 6.21. The molecule has 1 heterocycles. The van der Waals surface area contributed by atoms with E-state index in [1.165, 1.54) is 11.1 Å². The lowest BCUT2D eigenvalue weighted by molar-refractivity contribution is -0.133. The normalized spacial score (nSPS) is 24.6. The molecule has 112 valence electrons. The van der Waals surface area contributed by atoms with Crippen LogP contribution in [-0.2, 0) is 4.74 Å². The lowest BCUT2D eigenvalue weighted by Gasteiger charge is -2.42. The van der Waals surface area contributed by atoms with Crippen LogP contribution in [0.2, 0.25) is 0 Å². The van der Waals surface area contributed by atoms with Crippen molar-refractivity contribution in [3.63, 3.8) is 0 Å². The van der Waals surface area contributed by atoms with Crippen LogP contribution in [0.5, 0.6) is 0 Å². The van der Waals surface area contributed by atoms with Crippen molar-refractivity contribution in [1.29, 1.82) is 0 Å². The van der Waals surface area contributed by atoms with Crippen LogP contribution in [0.4, 0.5) is 0 Å². The summed E-state index contributed by atoms with van der Waals surface area (Å²) in [6.07, 6.45) is -0.221. The van der Waals surface area contributed by atoms with E-state index < -0.39 is 6.10 Å². The zero-order valence-electron chi connectivity index (χ0n) is 13.3. The van der Waals surface area contributed by atoms with Crippen molar-refractivity contribution in [2.45, 2.75) is 52.4 Å². The van der Waals surface area contributed by atoms with Crippen molar-refractivity contribution in [2.24, 2.45) is 0 Å². The lowest BCUT2D eigenvalue weighted by atomic mass is 10.0. The molecule has 1 N–H and O–H groups in total. The lowest BCUT2D eigenvalue weighted by Crippen LogP contribution is -2.52. The molecular weight excluding hydrogens is 250 g/mol. The largest absolute Gasteiger partial charge is 0.387 e.